The van der Waals surface area contributed by atoms with Gasteiger partial charge in [-0.05, 0) is 42.9 Å². The third-order valence-electron chi connectivity index (χ3n) is 6.05. The fraction of sp³-hybridized carbons (Fsp3) is 0.682. The second kappa shape index (κ2) is 10.3. The molecule has 6 nitrogen and oxygen atoms in total. The van der Waals surface area contributed by atoms with E-state index in [-0.39, 0.29) is 18.4 Å². The molecule has 6 heteroatoms. The number of hydrogen-bond acceptors (Lipinski definition) is 5. The van der Waals surface area contributed by atoms with Gasteiger partial charge >= 0.3 is 0 Å². The molecular weight excluding hydrogens is 354 g/mol. The van der Waals surface area contributed by atoms with Gasteiger partial charge < -0.3 is 19.6 Å². The zero-order valence-electron chi connectivity index (χ0n) is 17.3. The van der Waals surface area contributed by atoms with E-state index in [1.807, 2.05) is 4.90 Å². The average molecular weight is 390 g/mol. The predicted octanol–water partition coefficient (Wildman–Crippen LogP) is 1.08. The molecule has 0 radical (unpaired) electrons. The number of carbonyl (C=O) groups is 1. The number of likely N-dealkylation sites (N-methyl/N-ethyl adjacent to an activating group) is 1. The van der Waals surface area contributed by atoms with Crippen molar-refractivity contribution >= 4 is 5.91 Å². The number of likely N-dealkylation sites (tertiary alicyclic amines) is 1. The van der Waals surface area contributed by atoms with Gasteiger partial charge in [-0.15, -0.1) is 0 Å². The molecule has 0 unspecified atom stereocenters. The standard InChI is InChI=1S/C22H35N3O3/c1-23(9-10-28-2)12-18-11-19(17-26)14-25(13-18)22(27)16-24-8-7-20-5-3-4-6-21(20)15-24/h3-6,18-19,26H,7-17H2,1-2H3/t18-,19+/m1/s1. The highest BCUT2D eigenvalue weighted by Crippen LogP contribution is 2.24. The van der Waals surface area contributed by atoms with Crippen molar-refractivity contribution in [1.29, 1.82) is 0 Å². The molecule has 0 saturated carbocycles. The minimum Gasteiger partial charge on any atom is -0.396 e. The van der Waals surface area contributed by atoms with Crippen molar-refractivity contribution in [1.82, 2.24) is 14.7 Å². The Balaban J connectivity index is 1.54. The molecule has 2 atom stereocenters. The number of aliphatic hydroxyl groups is 1. The van der Waals surface area contributed by atoms with Gasteiger partial charge in [0, 0.05) is 53.0 Å². The van der Waals surface area contributed by atoms with Crippen LogP contribution in [-0.4, -0.2) is 92.4 Å². The lowest BCUT2D eigenvalue weighted by Crippen LogP contribution is -2.50. The summed E-state index contributed by atoms with van der Waals surface area (Å²) in [7, 11) is 3.81. The van der Waals surface area contributed by atoms with Crippen molar-refractivity contribution < 1.29 is 14.6 Å². The number of aliphatic hydroxyl groups excluding tert-OH is 1. The van der Waals surface area contributed by atoms with Gasteiger partial charge in [0.15, 0.2) is 0 Å². The Labute approximate surface area is 169 Å². The van der Waals surface area contributed by atoms with E-state index < -0.39 is 0 Å². The summed E-state index contributed by atoms with van der Waals surface area (Å²) in [6.45, 7) is 6.41. The number of rotatable bonds is 8. The Bertz CT molecular complexity index is 639. The molecule has 28 heavy (non-hydrogen) atoms. The van der Waals surface area contributed by atoms with Gasteiger partial charge in [-0.3, -0.25) is 9.69 Å². The highest BCUT2D eigenvalue weighted by Gasteiger charge is 2.31. The maximum Gasteiger partial charge on any atom is 0.236 e. The smallest absolute Gasteiger partial charge is 0.236 e. The van der Waals surface area contributed by atoms with E-state index in [2.05, 4.69) is 41.1 Å². The van der Waals surface area contributed by atoms with Crippen LogP contribution in [0, 0.1) is 11.8 Å². The largest absolute Gasteiger partial charge is 0.396 e. The van der Waals surface area contributed by atoms with Gasteiger partial charge in [0.2, 0.25) is 5.91 Å². The molecule has 0 aliphatic carbocycles. The monoisotopic (exact) mass is 389 g/mol. The van der Waals surface area contributed by atoms with Crippen LogP contribution in [0.1, 0.15) is 17.5 Å². The van der Waals surface area contributed by atoms with Crippen LogP contribution in [0.2, 0.25) is 0 Å². The number of amides is 1. The third kappa shape index (κ3) is 5.77. The van der Waals surface area contributed by atoms with Crippen LogP contribution in [-0.2, 0) is 22.5 Å². The van der Waals surface area contributed by atoms with E-state index in [0.717, 1.165) is 45.6 Å². The lowest BCUT2D eigenvalue weighted by molar-refractivity contribution is -0.136. The number of fused-ring (bicyclic) bond motifs is 1. The zero-order chi connectivity index (χ0) is 19.9. The maximum absolute atomic E-state index is 13.0. The van der Waals surface area contributed by atoms with Crippen molar-refractivity contribution in [2.45, 2.75) is 19.4 Å². The number of hydrogen-bond donors (Lipinski definition) is 1. The minimum atomic E-state index is 0.152. The van der Waals surface area contributed by atoms with Gasteiger partial charge in [-0.1, -0.05) is 24.3 Å². The van der Waals surface area contributed by atoms with Crippen LogP contribution in [0.4, 0.5) is 0 Å². The molecule has 156 valence electrons. The number of carbonyl (C=O) groups excluding carboxylic acids is 1. The van der Waals surface area contributed by atoms with Crippen molar-refractivity contribution in [3.8, 4) is 0 Å². The number of nitrogens with zero attached hydrogens (tertiary/aromatic N) is 3. The molecule has 1 amide bonds. The third-order valence-corrected chi connectivity index (χ3v) is 6.05. The second-order valence-corrected chi connectivity index (χ2v) is 8.43. The first-order valence-corrected chi connectivity index (χ1v) is 10.4. The zero-order valence-corrected chi connectivity index (χ0v) is 17.3. The molecule has 2 aliphatic rings. The number of piperidine rings is 1. The molecule has 0 spiro atoms. The van der Waals surface area contributed by atoms with Crippen LogP contribution < -0.4 is 0 Å². The SMILES string of the molecule is COCCN(C)C[C@H]1C[C@H](CO)CN(C(=O)CN2CCc3ccccc3C2)C1. The lowest BCUT2D eigenvalue weighted by atomic mass is 9.89. The van der Waals surface area contributed by atoms with Crippen LogP contribution in [0.15, 0.2) is 24.3 Å². The molecular formula is C22H35N3O3. The Morgan fingerprint density at radius 2 is 2.00 bits per heavy atom. The molecule has 1 N–H and O–H groups in total. The highest BCUT2D eigenvalue weighted by atomic mass is 16.5. The molecule has 3 rings (SSSR count). The summed E-state index contributed by atoms with van der Waals surface area (Å²) in [5.41, 5.74) is 2.75. The molecule has 0 aromatic heterocycles. The Morgan fingerprint density at radius 3 is 2.75 bits per heavy atom. The first kappa shape index (κ1) is 21.2. The van der Waals surface area contributed by atoms with Crippen LogP contribution in [0.3, 0.4) is 0 Å². The predicted molar refractivity (Wildman–Crippen MR) is 110 cm³/mol. The second-order valence-electron chi connectivity index (χ2n) is 8.43. The van der Waals surface area contributed by atoms with E-state index in [1.165, 1.54) is 11.1 Å². The normalized spacial score (nSPS) is 23.1. The minimum absolute atomic E-state index is 0.152. The van der Waals surface area contributed by atoms with Crippen molar-refractivity contribution in [3.63, 3.8) is 0 Å². The van der Waals surface area contributed by atoms with Crippen molar-refractivity contribution in [3.05, 3.63) is 35.4 Å². The highest BCUT2D eigenvalue weighted by molar-refractivity contribution is 5.78. The van der Waals surface area contributed by atoms with Gasteiger partial charge in [-0.2, -0.15) is 0 Å². The van der Waals surface area contributed by atoms with Crippen LogP contribution in [0.25, 0.3) is 0 Å². The molecule has 1 aromatic carbocycles. The van der Waals surface area contributed by atoms with Crippen LogP contribution in [0.5, 0.6) is 0 Å². The topological polar surface area (TPSA) is 56.3 Å². The maximum atomic E-state index is 13.0. The molecule has 1 fully saturated rings. The van der Waals surface area contributed by atoms with E-state index in [1.54, 1.807) is 7.11 Å². The fourth-order valence-electron chi connectivity index (χ4n) is 4.55. The van der Waals surface area contributed by atoms with Crippen LogP contribution >= 0.6 is 0 Å². The van der Waals surface area contributed by atoms with Gasteiger partial charge in [0.25, 0.3) is 0 Å². The van der Waals surface area contributed by atoms with Gasteiger partial charge in [0.1, 0.15) is 0 Å². The fourth-order valence-corrected chi connectivity index (χ4v) is 4.55. The Morgan fingerprint density at radius 1 is 1.25 bits per heavy atom. The molecule has 2 heterocycles. The first-order chi connectivity index (χ1) is 13.6. The summed E-state index contributed by atoms with van der Waals surface area (Å²) < 4.78 is 5.16. The van der Waals surface area contributed by atoms with Gasteiger partial charge in [0.05, 0.1) is 13.2 Å². The Hall–Kier alpha value is -1.47. The summed E-state index contributed by atoms with van der Waals surface area (Å²) in [5.74, 6) is 0.779. The van der Waals surface area contributed by atoms with E-state index >= 15 is 0 Å². The summed E-state index contributed by atoms with van der Waals surface area (Å²) in [5, 5.41) is 9.73. The van der Waals surface area contributed by atoms with Crippen molar-refractivity contribution in [2.75, 3.05) is 66.6 Å². The Kier molecular flexibility index (Phi) is 7.85. The lowest BCUT2D eigenvalue weighted by Gasteiger charge is -2.40. The van der Waals surface area contributed by atoms with E-state index in [4.69, 9.17) is 4.74 Å². The molecule has 1 saturated heterocycles. The number of benzene rings is 1. The van der Waals surface area contributed by atoms with Crippen molar-refractivity contribution in [2.24, 2.45) is 11.8 Å². The average Bonchev–Trinajstić information content (AvgIpc) is 2.71. The number of ether oxygens (including phenoxy) is 1. The summed E-state index contributed by atoms with van der Waals surface area (Å²) in [4.78, 5) is 19.5. The molecule has 2 aliphatic heterocycles. The quantitative estimate of drug-likeness (QED) is 0.721. The molecule has 0 bridgehead atoms. The van der Waals surface area contributed by atoms with E-state index in [9.17, 15) is 9.90 Å². The first-order valence-electron chi connectivity index (χ1n) is 10.4. The van der Waals surface area contributed by atoms with Gasteiger partial charge in [-0.25, -0.2) is 0 Å². The summed E-state index contributed by atoms with van der Waals surface area (Å²) in [6, 6.07) is 8.52. The van der Waals surface area contributed by atoms with E-state index in [0.29, 0.717) is 25.6 Å². The summed E-state index contributed by atoms with van der Waals surface area (Å²) >= 11 is 0. The number of methoxy groups -OCH3 is 1. The molecule has 1 aromatic rings. The summed E-state index contributed by atoms with van der Waals surface area (Å²) in [6.07, 6.45) is 1.99.